The second-order valence-corrected chi connectivity index (χ2v) is 6.60. The summed E-state index contributed by atoms with van der Waals surface area (Å²) in [6.07, 6.45) is -1.31. The van der Waals surface area contributed by atoms with Crippen molar-refractivity contribution in [3.8, 4) is 0 Å². The third-order valence-corrected chi connectivity index (χ3v) is 3.09. The van der Waals surface area contributed by atoms with Crippen LogP contribution in [0.1, 0.15) is 26.3 Å². The normalized spacial score (nSPS) is 13.1. The molecule has 0 aliphatic rings. The number of benzene rings is 1. The van der Waals surface area contributed by atoms with Crippen molar-refractivity contribution in [1.82, 2.24) is 5.32 Å². The Hall–Kier alpha value is -2.87. The zero-order valence-corrected chi connectivity index (χ0v) is 15.6. The Bertz CT molecular complexity index is 652. The average Bonchev–Trinajstić information content (AvgIpc) is 2.57. The lowest BCUT2D eigenvalue weighted by molar-refractivity contribution is -0.163. The Balaban J connectivity index is 2.95. The number of hydrogen-bond acceptors (Lipinski definition) is 6. The van der Waals surface area contributed by atoms with Crippen molar-refractivity contribution in [3.63, 3.8) is 0 Å². The Labute approximate surface area is 158 Å². The topological polar surface area (TPSA) is 111 Å². The summed E-state index contributed by atoms with van der Waals surface area (Å²) < 4.78 is 15.4. The maximum absolute atomic E-state index is 12.3. The molecule has 0 saturated heterocycles. The van der Waals surface area contributed by atoms with Crippen LogP contribution in [0, 0.1) is 0 Å². The van der Waals surface area contributed by atoms with Crippen molar-refractivity contribution in [2.75, 3.05) is 6.61 Å². The molecule has 1 aromatic carbocycles. The maximum atomic E-state index is 12.3. The molecule has 0 fully saturated rings. The quantitative estimate of drug-likeness (QED) is 0.500. The Morgan fingerprint density at radius 3 is 2.37 bits per heavy atom. The molecule has 0 heterocycles. The minimum absolute atomic E-state index is 0.0704. The Morgan fingerprint density at radius 2 is 1.85 bits per heavy atom. The maximum Gasteiger partial charge on any atom is 0.408 e. The lowest BCUT2D eigenvalue weighted by Crippen LogP contribution is -2.54. The van der Waals surface area contributed by atoms with Crippen molar-refractivity contribution in [3.05, 3.63) is 48.6 Å². The molecule has 0 aliphatic heterocycles. The fraction of sp³-hybridized carbons (Fsp3) is 0.421. The SMILES string of the molecule is C=CCOC(=O)[C@@H](NC(=O)OC(C)(C)C)C(OCc1ccccc1)C(=O)O. The first-order valence-corrected chi connectivity index (χ1v) is 8.29. The van der Waals surface area contributed by atoms with E-state index in [1.165, 1.54) is 6.08 Å². The summed E-state index contributed by atoms with van der Waals surface area (Å²) in [6, 6.07) is 7.22. The summed E-state index contributed by atoms with van der Waals surface area (Å²) in [5.74, 6) is -2.40. The van der Waals surface area contributed by atoms with E-state index in [0.717, 1.165) is 0 Å². The first-order valence-electron chi connectivity index (χ1n) is 8.29. The third kappa shape index (κ3) is 8.37. The number of alkyl carbamates (subject to hydrolysis) is 1. The highest BCUT2D eigenvalue weighted by Gasteiger charge is 2.38. The van der Waals surface area contributed by atoms with E-state index in [1.807, 2.05) is 0 Å². The summed E-state index contributed by atoms with van der Waals surface area (Å²) in [5.41, 5.74) is -0.122. The molecule has 27 heavy (non-hydrogen) atoms. The molecule has 1 amide bonds. The van der Waals surface area contributed by atoms with Gasteiger partial charge in [0, 0.05) is 0 Å². The predicted molar refractivity (Wildman–Crippen MR) is 97.0 cm³/mol. The molecule has 0 aliphatic carbocycles. The number of esters is 1. The van der Waals surface area contributed by atoms with Gasteiger partial charge in [-0.15, -0.1) is 0 Å². The molecule has 2 atom stereocenters. The van der Waals surface area contributed by atoms with Crippen molar-refractivity contribution in [2.45, 2.75) is 45.1 Å². The van der Waals surface area contributed by atoms with Crippen LogP contribution in [0.3, 0.4) is 0 Å². The van der Waals surface area contributed by atoms with Crippen LogP contribution in [0.15, 0.2) is 43.0 Å². The van der Waals surface area contributed by atoms with E-state index in [2.05, 4.69) is 11.9 Å². The Kier molecular flexibility index (Phi) is 8.47. The van der Waals surface area contributed by atoms with Crippen LogP contribution in [-0.4, -0.2) is 47.5 Å². The molecule has 0 saturated carbocycles. The van der Waals surface area contributed by atoms with E-state index in [9.17, 15) is 19.5 Å². The second-order valence-electron chi connectivity index (χ2n) is 6.60. The summed E-state index contributed by atoms with van der Waals surface area (Å²) in [4.78, 5) is 36.0. The first kappa shape index (κ1) is 22.2. The van der Waals surface area contributed by atoms with Gasteiger partial charge in [0.2, 0.25) is 0 Å². The molecule has 2 N–H and O–H groups in total. The zero-order valence-electron chi connectivity index (χ0n) is 15.6. The van der Waals surface area contributed by atoms with Gasteiger partial charge in [-0.2, -0.15) is 0 Å². The number of hydrogen-bond donors (Lipinski definition) is 2. The van der Waals surface area contributed by atoms with Gasteiger partial charge < -0.3 is 24.6 Å². The number of rotatable bonds is 9. The van der Waals surface area contributed by atoms with Crippen LogP contribution in [-0.2, 0) is 30.4 Å². The van der Waals surface area contributed by atoms with Crippen LogP contribution in [0.5, 0.6) is 0 Å². The number of nitrogens with one attached hydrogen (secondary N) is 1. The number of carboxylic acids is 1. The van der Waals surface area contributed by atoms with Crippen molar-refractivity contribution in [2.24, 2.45) is 0 Å². The molecule has 0 aromatic heterocycles. The van der Waals surface area contributed by atoms with Gasteiger partial charge in [-0.1, -0.05) is 43.0 Å². The molecule has 0 bridgehead atoms. The number of carbonyl (C=O) groups excluding carboxylic acids is 2. The molecular formula is C19H25NO7. The van der Waals surface area contributed by atoms with Crippen LogP contribution in [0.4, 0.5) is 4.79 Å². The highest BCUT2D eigenvalue weighted by Crippen LogP contribution is 2.11. The van der Waals surface area contributed by atoms with Gasteiger partial charge >= 0.3 is 18.0 Å². The smallest absolute Gasteiger partial charge is 0.408 e. The highest BCUT2D eigenvalue weighted by atomic mass is 16.6. The molecule has 0 spiro atoms. The number of carboxylic acid groups (broad SMARTS) is 1. The van der Waals surface area contributed by atoms with E-state index < -0.39 is 35.8 Å². The van der Waals surface area contributed by atoms with Crippen LogP contribution in [0.2, 0.25) is 0 Å². The minimum atomic E-state index is -1.67. The fourth-order valence-electron chi connectivity index (χ4n) is 1.99. The van der Waals surface area contributed by atoms with Crippen LogP contribution in [0.25, 0.3) is 0 Å². The lowest BCUT2D eigenvalue weighted by Gasteiger charge is -2.26. The van der Waals surface area contributed by atoms with Gasteiger partial charge in [0.25, 0.3) is 0 Å². The number of amides is 1. The van der Waals surface area contributed by atoms with Gasteiger partial charge in [-0.05, 0) is 26.3 Å². The average molecular weight is 379 g/mol. The summed E-state index contributed by atoms with van der Waals surface area (Å²) >= 11 is 0. The largest absolute Gasteiger partial charge is 0.479 e. The zero-order chi connectivity index (χ0) is 20.4. The molecule has 1 unspecified atom stereocenters. The molecule has 8 nitrogen and oxygen atoms in total. The third-order valence-electron chi connectivity index (χ3n) is 3.09. The lowest BCUT2D eigenvalue weighted by atomic mass is 10.1. The molecule has 0 radical (unpaired) electrons. The molecule has 1 aromatic rings. The monoisotopic (exact) mass is 379 g/mol. The molecular weight excluding hydrogens is 354 g/mol. The predicted octanol–water partition coefficient (Wildman–Crippen LogP) is 2.28. The summed E-state index contributed by atoms with van der Waals surface area (Å²) in [5, 5.41) is 11.7. The van der Waals surface area contributed by atoms with Crippen molar-refractivity contribution < 1.29 is 33.7 Å². The van der Waals surface area contributed by atoms with Crippen LogP contribution < -0.4 is 5.32 Å². The van der Waals surface area contributed by atoms with Gasteiger partial charge in [0.1, 0.15) is 12.2 Å². The van der Waals surface area contributed by atoms with Gasteiger partial charge in [0.15, 0.2) is 12.1 Å². The minimum Gasteiger partial charge on any atom is -0.479 e. The first-order chi connectivity index (χ1) is 12.6. The van der Waals surface area contributed by atoms with E-state index in [1.54, 1.807) is 51.1 Å². The van der Waals surface area contributed by atoms with Gasteiger partial charge in [0.05, 0.1) is 6.61 Å². The summed E-state index contributed by atoms with van der Waals surface area (Å²) in [6.45, 7) is 8.12. The number of aliphatic carboxylic acids is 1. The van der Waals surface area contributed by atoms with Crippen molar-refractivity contribution in [1.29, 1.82) is 0 Å². The van der Waals surface area contributed by atoms with Crippen LogP contribution >= 0.6 is 0 Å². The molecule has 148 valence electrons. The summed E-state index contributed by atoms with van der Waals surface area (Å²) in [7, 11) is 0. The standard InChI is InChI=1S/C19H25NO7/c1-5-11-25-17(23)14(20-18(24)27-19(2,3)4)15(16(21)22)26-12-13-9-7-6-8-10-13/h5-10,14-15H,1,11-12H2,2-4H3,(H,20,24)(H,21,22)/t14-,15?/m0/s1. The highest BCUT2D eigenvalue weighted by molar-refractivity contribution is 5.88. The second kappa shape index (κ2) is 10.3. The number of ether oxygens (including phenoxy) is 3. The van der Waals surface area contributed by atoms with Gasteiger partial charge in [-0.25, -0.2) is 14.4 Å². The van der Waals surface area contributed by atoms with E-state index in [0.29, 0.717) is 5.56 Å². The molecule has 8 heteroatoms. The fourth-order valence-corrected chi connectivity index (χ4v) is 1.99. The van der Waals surface area contributed by atoms with Gasteiger partial charge in [-0.3, -0.25) is 0 Å². The van der Waals surface area contributed by atoms with E-state index in [4.69, 9.17) is 14.2 Å². The van der Waals surface area contributed by atoms with Crippen molar-refractivity contribution >= 4 is 18.0 Å². The Morgan fingerprint density at radius 1 is 1.22 bits per heavy atom. The molecule has 1 rings (SSSR count). The number of carbonyl (C=O) groups is 3. The van der Waals surface area contributed by atoms with E-state index in [-0.39, 0.29) is 13.2 Å². The van der Waals surface area contributed by atoms with E-state index >= 15 is 0 Å².